The second-order valence-corrected chi connectivity index (χ2v) is 12.3. The van der Waals surface area contributed by atoms with Crippen LogP contribution in [0.15, 0.2) is 24.3 Å². The van der Waals surface area contributed by atoms with Crippen molar-refractivity contribution in [1.29, 1.82) is 0 Å². The van der Waals surface area contributed by atoms with E-state index in [-0.39, 0.29) is 35.9 Å². The summed E-state index contributed by atoms with van der Waals surface area (Å²) in [7, 11) is 0. The van der Waals surface area contributed by atoms with Gasteiger partial charge in [0.25, 0.3) is 0 Å². The van der Waals surface area contributed by atoms with Crippen LogP contribution in [0.2, 0.25) is 10.0 Å². The van der Waals surface area contributed by atoms with Crippen LogP contribution in [-0.2, 0) is 28.0 Å². The van der Waals surface area contributed by atoms with E-state index < -0.39 is 5.41 Å². The fourth-order valence-corrected chi connectivity index (χ4v) is 6.23. The number of hydrogen-bond acceptors (Lipinski definition) is 6. The Kier molecular flexibility index (Phi) is 8.69. The molecule has 4 atom stereocenters. The number of phenols is 2. The van der Waals surface area contributed by atoms with Crippen molar-refractivity contribution in [1.82, 2.24) is 9.80 Å². The van der Waals surface area contributed by atoms with E-state index in [2.05, 4.69) is 51.3 Å². The number of phenolic OH excluding ortho intramolecular Hbond substituents is 2. The molecule has 2 aromatic rings. The van der Waals surface area contributed by atoms with Crippen molar-refractivity contribution in [3.8, 4) is 11.5 Å². The highest BCUT2D eigenvalue weighted by Gasteiger charge is 2.30. The maximum atomic E-state index is 10.8. The Balaban J connectivity index is 1.64. The number of hydrogen-bond donors (Lipinski definition) is 2. The van der Waals surface area contributed by atoms with Gasteiger partial charge in [-0.05, 0) is 63.1 Å². The fraction of sp³-hybridized carbons (Fsp3) is 0.586. The van der Waals surface area contributed by atoms with Gasteiger partial charge < -0.3 is 19.7 Å². The third-order valence-corrected chi connectivity index (χ3v) is 8.08. The molecule has 0 aliphatic carbocycles. The van der Waals surface area contributed by atoms with Gasteiger partial charge in [0, 0.05) is 55.8 Å². The number of aromatic hydroxyl groups is 2. The van der Waals surface area contributed by atoms with E-state index in [9.17, 15) is 10.2 Å². The lowest BCUT2D eigenvalue weighted by molar-refractivity contribution is -0.0708. The van der Waals surface area contributed by atoms with E-state index in [1.807, 2.05) is 24.3 Å². The Hall–Kier alpha value is -1.54. The van der Waals surface area contributed by atoms with Crippen molar-refractivity contribution in [2.24, 2.45) is 0 Å². The second-order valence-electron chi connectivity index (χ2n) is 11.5. The van der Waals surface area contributed by atoms with Crippen molar-refractivity contribution in [3.63, 3.8) is 0 Å². The van der Waals surface area contributed by atoms with Crippen LogP contribution in [0.5, 0.6) is 11.5 Å². The third kappa shape index (κ3) is 6.55. The summed E-state index contributed by atoms with van der Waals surface area (Å²) in [6, 6.07) is 7.74. The summed E-state index contributed by atoms with van der Waals surface area (Å²) in [5.41, 5.74) is 3.05. The molecular formula is C29H40Cl2N2O4. The minimum atomic E-state index is -0.477. The highest BCUT2D eigenvalue weighted by atomic mass is 35.5. The normalized spacial score (nSPS) is 25.9. The molecule has 0 spiro atoms. The summed E-state index contributed by atoms with van der Waals surface area (Å²) in [4.78, 5) is 4.59. The second kappa shape index (κ2) is 11.3. The summed E-state index contributed by atoms with van der Waals surface area (Å²) in [6.45, 7) is 16.9. The lowest BCUT2D eigenvalue weighted by Gasteiger charge is -2.36. The molecule has 0 aromatic heterocycles. The largest absolute Gasteiger partial charge is 0.506 e. The van der Waals surface area contributed by atoms with Crippen LogP contribution in [0, 0.1) is 0 Å². The zero-order chi connectivity index (χ0) is 27.1. The topological polar surface area (TPSA) is 65.4 Å². The number of rotatable bonds is 6. The SMILES string of the molecule is CC1CN(Cc2cc(C(C)(C)c3cc(Cl)c(O)c(CN4CC(C)OC(C)C4)c3)cc(Cl)c2O)CC(C)O1. The molecule has 6 nitrogen and oxygen atoms in total. The smallest absolute Gasteiger partial charge is 0.138 e. The van der Waals surface area contributed by atoms with Crippen molar-refractivity contribution in [2.75, 3.05) is 26.2 Å². The molecule has 2 aliphatic rings. The van der Waals surface area contributed by atoms with Crippen molar-refractivity contribution in [2.45, 2.75) is 84.5 Å². The molecule has 204 valence electrons. The Labute approximate surface area is 231 Å². The number of morpholine rings is 2. The molecule has 2 saturated heterocycles. The van der Waals surface area contributed by atoms with Crippen molar-refractivity contribution in [3.05, 3.63) is 56.6 Å². The van der Waals surface area contributed by atoms with E-state index in [0.29, 0.717) is 23.1 Å². The molecule has 0 amide bonds. The molecule has 2 aliphatic heterocycles. The molecule has 0 bridgehead atoms. The van der Waals surface area contributed by atoms with E-state index in [1.54, 1.807) is 0 Å². The van der Waals surface area contributed by atoms with Gasteiger partial charge in [-0.25, -0.2) is 0 Å². The minimum Gasteiger partial charge on any atom is -0.506 e. The molecule has 0 radical (unpaired) electrons. The molecule has 4 unspecified atom stereocenters. The first kappa shape index (κ1) is 28.5. The maximum absolute atomic E-state index is 10.8. The van der Waals surface area contributed by atoms with Crippen LogP contribution in [0.25, 0.3) is 0 Å². The standard InChI is InChI=1S/C29H40Cl2N2O4/c1-17-11-32(12-18(2)36-17)15-21-7-23(9-25(30)27(21)34)29(5,6)24-8-22(28(35)26(31)10-24)16-33-13-19(3)37-20(4)14-33/h7-10,17-20,34-35H,11-16H2,1-6H3. The molecule has 37 heavy (non-hydrogen) atoms. The molecular weight excluding hydrogens is 511 g/mol. The van der Waals surface area contributed by atoms with Crippen LogP contribution in [-0.4, -0.2) is 70.6 Å². The highest BCUT2D eigenvalue weighted by molar-refractivity contribution is 6.32. The van der Waals surface area contributed by atoms with Gasteiger partial charge in [0.1, 0.15) is 11.5 Å². The first-order valence-electron chi connectivity index (χ1n) is 13.1. The summed E-state index contributed by atoms with van der Waals surface area (Å²) in [6.07, 6.45) is 0.541. The average Bonchev–Trinajstić information content (AvgIpc) is 2.78. The van der Waals surface area contributed by atoms with E-state index in [4.69, 9.17) is 32.7 Å². The first-order valence-corrected chi connectivity index (χ1v) is 13.9. The summed E-state index contributed by atoms with van der Waals surface area (Å²) in [5, 5.41) is 22.3. The van der Waals surface area contributed by atoms with Crippen LogP contribution < -0.4 is 0 Å². The minimum absolute atomic E-state index is 0.119. The van der Waals surface area contributed by atoms with Crippen molar-refractivity contribution < 1.29 is 19.7 Å². The van der Waals surface area contributed by atoms with Gasteiger partial charge in [-0.2, -0.15) is 0 Å². The van der Waals surface area contributed by atoms with Gasteiger partial charge in [-0.15, -0.1) is 0 Å². The molecule has 8 heteroatoms. The summed E-state index contributed by atoms with van der Waals surface area (Å²) < 4.78 is 11.7. The number of nitrogens with zero attached hydrogens (tertiary/aromatic N) is 2. The molecule has 4 rings (SSSR count). The fourth-order valence-electron chi connectivity index (χ4n) is 5.75. The van der Waals surface area contributed by atoms with Crippen LogP contribution in [0.4, 0.5) is 0 Å². The van der Waals surface area contributed by atoms with Crippen LogP contribution >= 0.6 is 23.2 Å². The Morgan fingerprint density at radius 1 is 0.703 bits per heavy atom. The number of halogens is 2. The zero-order valence-corrected chi connectivity index (χ0v) is 24.2. The Morgan fingerprint density at radius 3 is 1.35 bits per heavy atom. The Bertz CT molecular complexity index is 1020. The third-order valence-electron chi connectivity index (χ3n) is 7.51. The number of ether oxygens (including phenoxy) is 2. The monoisotopic (exact) mass is 550 g/mol. The van der Waals surface area contributed by atoms with Crippen LogP contribution in [0.3, 0.4) is 0 Å². The van der Waals surface area contributed by atoms with Gasteiger partial charge in [0.15, 0.2) is 0 Å². The average molecular weight is 552 g/mol. The molecule has 2 fully saturated rings. The van der Waals surface area contributed by atoms with Crippen molar-refractivity contribution >= 4 is 23.2 Å². The zero-order valence-electron chi connectivity index (χ0n) is 22.7. The molecule has 0 saturated carbocycles. The predicted octanol–water partition coefficient (Wildman–Crippen LogP) is 5.95. The summed E-state index contributed by atoms with van der Waals surface area (Å²) in [5.74, 6) is 0.237. The van der Waals surface area contributed by atoms with Gasteiger partial charge >= 0.3 is 0 Å². The molecule has 2 N–H and O–H groups in total. The van der Waals surface area contributed by atoms with Gasteiger partial charge in [0.05, 0.1) is 34.5 Å². The lowest BCUT2D eigenvalue weighted by Crippen LogP contribution is -2.44. The van der Waals surface area contributed by atoms with Gasteiger partial charge in [-0.1, -0.05) is 37.0 Å². The Morgan fingerprint density at radius 2 is 1.03 bits per heavy atom. The maximum Gasteiger partial charge on any atom is 0.138 e. The van der Waals surface area contributed by atoms with Gasteiger partial charge in [-0.3, -0.25) is 9.80 Å². The summed E-state index contributed by atoms with van der Waals surface area (Å²) >= 11 is 13.1. The van der Waals surface area contributed by atoms with E-state index in [0.717, 1.165) is 48.4 Å². The predicted molar refractivity (Wildman–Crippen MR) is 149 cm³/mol. The number of benzene rings is 2. The first-order chi connectivity index (χ1) is 17.3. The lowest BCUT2D eigenvalue weighted by atomic mass is 9.77. The molecule has 2 heterocycles. The molecule has 2 aromatic carbocycles. The van der Waals surface area contributed by atoms with E-state index in [1.165, 1.54) is 0 Å². The highest BCUT2D eigenvalue weighted by Crippen LogP contribution is 2.41. The van der Waals surface area contributed by atoms with E-state index >= 15 is 0 Å². The van der Waals surface area contributed by atoms with Crippen LogP contribution in [0.1, 0.15) is 63.8 Å². The van der Waals surface area contributed by atoms with Gasteiger partial charge in [0.2, 0.25) is 0 Å². The quantitative estimate of drug-likeness (QED) is 0.463.